The average molecular weight is 404 g/mol. The minimum atomic E-state index is -0.195. The molecular weight excluding hydrogens is 388 g/mol. The first kappa shape index (κ1) is 15.7. The van der Waals surface area contributed by atoms with Crippen LogP contribution >= 0.6 is 34.2 Å². The third-order valence-electron chi connectivity index (χ3n) is 3.40. The molecule has 0 aliphatic heterocycles. The second kappa shape index (κ2) is 6.41. The summed E-state index contributed by atoms with van der Waals surface area (Å²) in [5.74, 6) is -0.195. The van der Waals surface area contributed by atoms with Gasteiger partial charge in [0.05, 0.1) is 6.04 Å². The molecule has 0 fully saturated rings. The third-order valence-corrected chi connectivity index (χ3v) is 4.62. The van der Waals surface area contributed by atoms with Crippen molar-refractivity contribution in [2.45, 2.75) is 19.9 Å². The summed E-state index contributed by atoms with van der Waals surface area (Å²) in [5.41, 5.74) is 4.10. The van der Waals surface area contributed by atoms with Crippen LogP contribution in [-0.4, -0.2) is 7.05 Å². The fourth-order valence-electron chi connectivity index (χ4n) is 2.57. The zero-order valence-corrected chi connectivity index (χ0v) is 14.5. The first-order chi connectivity index (χ1) is 9.43. The van der Waals surface area contributed by atoms with Crippen molar-refractivity contribution in [3.05, 3.63) is 67.0 Å². The minimum absolute atomic E-state index is 0.00111. The van der Waals surface area contributed by atoms with Gasteiger partial charge < -0.3 is 5.32 Å². The van der Waals surface area contributed by atoms with Crippen LogP contribution in [-0.2, 0) is 0 Å². The van der Waals surface area contributed by atoms with Gasteiger partial charge in [-0.2, -0.15) is 0 Å². The van der Waals surface area contributed by atoms with Crippen LogP contribution in [0.5, 0.6) is 0 Å². The van der Waals surface area contributed by atoms with E-state index in [2.05, 4.69) is 27.9 Å². The van der Waals surface area contributed by atoms with Crippen molar-refractivity contribution in [2.24, 2.45) is 0 Å². The van der Waals surface area contributed by atoms with Crippen LogP contribution in [0.25, 0.3) is 0 Å². The highest BCUT2D eigenvalue weighted by Gasteiger charge is 2.20. The molecule has 1 nitrogen and oxygen atoms in total. The Bertz CT molecular complexity index is 619. The molecule has 0 spiro atoms. The van der Waals surface area contributed by atoms with Crippen molar-refractivity contribution in [2.75, 3.05) is 7.05 Å². The number of halogens is 3. The topological polar surface area (TPSA) is 12.0 Å². The number of benzene rings is 2. The van der Waals surface area contributed by atoms with Crippen LogP contribution in [0.3, 0.4) is 0 Å². The molecule has 4 heteroatoms. The lowest BCUT2D eigenvalue weighted by molar-refractivity contribution is 0.618. The Balaban J connectivity index is 2.61. The summed E-state index contributed by atoms with van der Waals surface area (Å²) in [6.07, 6.45) is 0. The third kappa shape index (κ3) is 3.15. The molecule has 2 aromatic rings. The molecule has 0 bridgehead atoms. The van der Waals surface area contributed by atoms with Crippen molar-refractivity contribution in [1.29, 1.82) is 0 Å². The SMILES string of the molecule is CNC(c1cc(Cl)ccc1I)c1c(C)cc(F)cc1C. The molecular formula is C16H16ClFIN. The summed E-state index contributed by atoms with van der Waals surface area (Å²) in [6, 6.07) is 8.99. The second-order valence-electron chi connectivity index (χ2n) is 4.84. The maximum Gasteiger partial charge on any atom is 0.123 e. The Morgan fingerprint density at radius 1 is 1.15 bits per heavy atom. The molecule has 2 rings (SSSR count). The van der Waals surface area contributed by atoms with E-state index in [1.54, 1.807) is 12.1 Å². The lowest BCUT2D eigenvalue weighted by Gasteiger charge is -2.23. The van der Waals surface area contributed by atoms with Crippen LogP contribution in [0.2, 0.25) is 5.02 Å². The van der Waals surface area contributed by atoms with E-state index < -0.39 is 0 Å². The van der Waals surface area contributed by atoms with Crippen LogP contribution in [0, 0.1) is 23.2 Å². The van der Waals surface area contributed by atoms with Gasteiger partial charge in [0.1, 0.15) is 5.82 Å². The normalized spacial score (nSPS) is 12.5. The number of hydrogen-bond donors (Lipinski definition) is 1. The fourth-order valence-corrected chi connectivity index (χ4v) is 3.40. The second-order valence-corrected chi connectivity index (χ2v) is 6.44. The first-order valence-electron chi connectivity index (χ1n) is 6.33. The lowest BCUT2D eigenvalue weighted by Crippen LogP contribution is -2.21. The smallest absolute Gasteiger partial charge is 0.123 e. The Hall–Kier alpha value is -0.650. The van der Waals surface area contributed by atoms with Gasteiger partial charge in [0.15, 0.2) is 0 Å². The Labute approximate surface area is 137 Å². The van der Waals surface area contributed by atoms with Gasteiger partial charge >= 0.3 is 0 Å². The van der Waals surface area contributed by atoms with Gasteiger partial charge in [-0.1, -0.05) is 11.6 Å². The van der Waals surface area contributed by atoms with E-state index in [1.165, 1.54) is 0 Å². The summed E-state index contributed by atoms with van der Waals surface area (Å²) in [5, 5.41) is 4.02. The molecule has 0 saturated carbocycles. The molecule has 0 aliphatic rings. The number of rotatable bonds is 3. The first-order valence-corrected chi connectivity index (χ1v) is 7.78. The van der Waals surface area contributed by atoms with Crippen molar-refractivity contribution < 1.29 is 4.39 Å². The van der Waals surface area contributed by atoms with Gasteiger partial charge in [-0.3, -0.25) is 0 Å². The summed E-state index contributed by atoms with van der Waals surface area (Å²) in [7, 11) is 1.91. The fraction of sp³-hybridized carbons (Fsp3) is 0.250. The summed E-state index contributed by atoms with van der Waals surface area (Å²) in [6.45, 7) is 3.88. The van der Waals surface area contributed by atoms with Crippen molar-refractivity contribution in [3.8, 4) is 0 Å². The van der Waals surface area contributed by atoms with E-state index >= 15 is 0 Å². The molecule has 1 unspecified atom stereocenters. The molecule has 1 N–H and O–H groups in total. The number of nitrogens with one attached hydrogen (secondary N) is 1. The number of hydrogen-bond acceptors (Lipinski definition) is 1. The summed E-state index contributed by atoms with van der Waals surface area (Å²) < 4.78 is 14.6. The minimum Gasteiger partial charge on any atom is -0.309 e. The molecule has 0 amide bonds. The Morgan fingerprint density at radius 3 is 2.30 bits per heavy atom. The Morgan fingerprint density at radius 2 is 1.75 bits per heavy atom. The highest BCUT2D eigenvalue weighted by Crippen LogP contribution is 2.32. The number of aryl methyl sites for hydroxylation is 2. The molecule has 0 radical (unpaired) electrons. The van der Waals surface area contributed by atoms with E-state index in [-0.39, 0.29) is 11.9 Å². The van der Waals surface area contributed by atoms with Gasteiger partial charge in [-0.15, -0.1) is 0 Å². The predicted octanol–water partition coefficient (Wildman–Crippen LogP) is 5.01. The monoisotopic (exact) mass is 403 g/mol. The average Bonchev–Trinajstić information content (AvgIpc) is 2.37. The predicted molar refractivity (Wildman–Crippen MR) is 90.9 cm³/mol. The summed E-state index contributed by atoms with van der Waals surface area (Å²) in [4.78, 5) is 0. The molecule has 2 aromatic carbocycles. The van der Waals surface area contributed by atoms with E-state index in [0.717, 1.165) is 25.8 Å². The molecule has 0 aliphatic carbocycles. The van der Waals surface area contributed by atoms with Crippen LogP contribution in [0.15, 0.2) is 30.3 Å². The molecule has 1 atom stereocenters. The van der Waals surface area contributed by atoms with Gasteiger partial charge in [-0.05, 0) is 96.1 Å². The molecule has 20 heavy (non-hydrogen) atoms. The zero-order valence-electron chi connectivity index (χ0n) is 11.6. The molecule has 0 aromatic heterocycles. The quantitative estimate of drug-likeness (QED) is 0.711. The van der Waals surface area contributed by atoms with Crippen molar-refractivity contribution in [1.82, 2.24) is 5.32 Å². The largest absolute Gasteiger partial charge is 0.309 e. The maximum absolute atomic E-state index is 13.5. The molecule has 0 heterocycles. The van der Waals surface area contributed by atoms with E-state index in [0.29, 0.717) is 5.02 Å². The Kier molecular flexibility index (Phi) is 5.04. The van der Waals surface area contributed by atoms with Gasteiger partial charge in [0.2, 0.25) is 0 Å². The van der Waals surface area contributed by atoms with Crippen LogP contribution < -0.4 is 5.32 Å². The lowest BCUT2D eigenvalue weighted by atomic mass is 9.91. The zero-order chi connectivity index (χ0) is 14.9. The maximum atomic E-state index is 13.5. The van der Waals surface area contributed by atoms with Crippen molar-refractivity contribution in [3.63, 3.8) is 0 Å². The van der Waals surface area contributed by atoms with E-state index in [9.17, 15) is 4.39 Å². The van der Waals surface area contributed by atoms with Gasteiger partial charge in [0, 0.05) is 8.59 Å². The van der Waals surface area contributed by atoms with Gasteiger partial charge in [0.25, 0.3) is 0 Å². The molecule has 106 valence electrons. The molecule has 0 saturated heterocycles. The van der Waals surface area contributed by atoms with Gasteiger partial charge in [-0.25, -0.2) is 4.39 Å². The summed E-state index contributed by atoms with van der Waals surface area (Å²) >= 11 is 8.42. The highest BCUT2D eigenvalue weighted by molar-refractivity contribution is 14.1. The standard InChI is InChI=1S/C16H16ClFIN/c1-9-6-12(18)7-10(2)15(9)16(20-3)13-8-11(17)4-5-14(13)19/h4-8,16,20H,1-3H3. The van der Waals surface area contributed by atoms with Crippen molar-refractivity contribution >= 4 is 34.2 Å². The van der Waals surface area contributed by atoms with Crippen LogP contribution in [0.4, 0.5) is 4.39 Å². The van der Waals surface area contributed by atoms with Crippen LogP contribution in [0.1, 0.15) is 28.3 Å². The van der Waals surface area contributed by atoms with E-state index in [4.69, 9.17) is 11.6 Å². The highest BCUT2D eigenvalue weighted by atomic mass is 127. The van der Waals surface area contributed by atoms with E-state index in [1.807, 2.05) is 39.1 Å².